The van der Waals surface area contributed by atoms with Crippen LogP contribution in [0.4, 0.5) is 29.3 Å². The molecule has 5 nitrogen and oxygen atoms in total. The normalized spacial score (nSPS) is 11.8. The Balaban J connectivity index is 1.57. The smallest absolute Gasteiger partial charge is 0.342 e. The van der Waals surface area contributed by atoms with Gasteiger partial charge in [0.05, 0.1) is 16.8 Å². The van der Waals surface area contributed by atoms with Crippen LogP contribution in [-0.2, 0) is 13.2 Å². The molecule has 4 rings (SSSR count). The number of urea groups is 1. The Morgan fingerprint density at radius 1 is 0.966 bits per heavy atom. The van der Waals surface area contributed by atoms with E-state index in [1.807, 2.05) is 32.2 Å². The second kappa shape index (κ2) is 6.80. The van der Waals surface area contributed by atoms with Gasteiger partial charge in [-0.2, -0.15) is 13.2 Å². The Kier molecular flexibility index (Phi) is 4.41. The molecule has 8 heteroatoms. The zero-order valence-electron chi connectivity index (χ0n) is 15.6. The summed E-state index contributed by atoms with van der Waals surface area (Å²) < 4.78 is 39.9. The summed E-state index contributed by atoms with van der Waals surface area (Å²) in [6.45, 7) is 1.94. The van der Waals surface area contributed by atoms with Crippen LogP contribution in [0, 0.1) is 6.92 Å². The van der Waals surface area contributed by atoms with E-state index in [9.17, 15) is 18.0 Å². The van der Waals surface area contributed by atoms with Crippen molar-refractivity contribution in [2.75, 3.05) is 10.6 Å². The average Bonchev–Trinajstić information content (AvgIpc) is 2.94. The van der Waals surface area contributed by atoms with Gasteiger partial charge in [0.1, 0.15) is 0 Å². The van der Waals surface area contributed by atoms with Crippen LogP contribution in [0.15, 0.2) is 54.7 Å². The van der Waals surface area contributed by atoms with Gasteiger partial charge in [-0.25, -0.2) is 4.79 Å². The van der Waals surface area contributed by atoms with Crippen LogP contribution in [-0.4, -0.2) is 15.6 Å². The van der Waals surface area contributed by atoms with E-state index in [0.29, 0.717) is 5.69 Å². The van der Waals surface area contributed by atoms with Gasteiger partial charge in [0, 0.05) is 40.9 Å². The molecule has 2 aromatic carbocycles. The van der Waals surface area contributed by atoms with Crippen molar-refractivity contribution in [2.24, 2.45) is 7.05 Å². The molecule has 2 aromatic heterocycles. The third kappa shape index (κ3) is 3.49. The fourth-order valence-corrected chi connectivity index (χ4v) is 3.48. The number of alkyl halides is 3. The highest BCUT2D eigenvalue weighted by Gasteiger charge is 2.30. The summed E-state index contributed by atoms with van der Waals surface area (Å²) in [5.74, 6) is 0. The van der Waals surface area contributed by atoms with Crippen molar-refractivity contribution in [1.29, 1.82) is 0 Å². The molecule has 0 aliphatic rings. The maximum atomic E-state index is 12.6. The van der Waals surface area contributed by atoms with Crippen LogP contribution in [0.25, 0.3) is 21.8 Å². The number of carbonyl (C=O) groups excluding carboxylic acids is 1. The Morgan fingerprint density at radius 3 is 2.31 bits per heavy atom. The lowest BCUT2D eigenvalue weighted by atomic mass is 10.1. The van der Waals surface area contributed by atoms with Gasteiger partial charge in [-0.1, -0.05) is 0 Å². The topological polar surface area (TPSA) is 59.0 Å². The van der Waals surface area contributed by atoms with Gasteiger partial charge >= 0.3 is 12.2 Å². The third-order valence-electron chi connectivity index (χ3n) is 4.82. The van der Waals surface area contributed by atoms with Gasteiger partial charge in [-0.05, 0) is 55.5 Å². The maximum absolute atomic E-state index is 12.6. The first-order valence-corrected chi connectivity index (χ1v) is 8.83. The van der Waals surface area contributed by atoms with Crippen molar-refractivity contribution in [3.63, 3.8) is 0 Å². The standard InChI is InChI=1S/C21H17F3N4O/c1-12-19-16(9-10-25-12)17-11-15(7-8-18(17)28(19)2)27-20(29)26-14-5-3-13(4-6-14)21(22,23)24/h3-11H,1-2H3,(H2,26,27,29). The number of aromatic nitrogens is 2. The summed E-state index contributed by atoms with van der Waals surface area (Å²) in [4.78, 5) is 16.6. The molecule has 0 spiro atoms. The molecule has 0 aliphatic heterocycles. The van der Waals surface area contributed by atoms with Crippen LogP contribution in [0.3, 0.4) is 0 Å². The molecule has 0 atom stereocenters. The molecule has 0 unspecified atom stereocenters. The third-order valence-corrected chi connectivity index (χ3v) is 4.82. The summed E-state index contributed by atoms with van der Waals surface area (Å²) in [5.41, 5.74) is 3.01. The van der Waals surface area contributed by atoms with Gasteiger partial charge in [0.2, 0.25) is 0 Å². The summed E-state index contributed by atoms with van der Waals surface area (Å²) in [6.07, 6.45) is -2.67. The molecular formula is C21H17F3N4O. The minimum absolute atomic E-state index is 0.267. The highest BCUT2D eigenvalue weighted by atomic mass is 19.4. The van der Waals surface area contributed by atoms with Gasteiger partial charge in [0.25, 0.3) is 0 Å². The number of halogens is 3. The van der Waals surface area contributed by atoms with Gasteiger partial charge < -0.3 is 15.2 Å². The number of amides is 2. The monoisotopic (exact) mass is 398 g/mol. The Labute approximate surface area is 164 Å². The van der Waals surface area contributed by atoms with Crippen molar-refractivity contribution >= 4 is 39.2 Å². The SMILES string of the molecule is Cc1nccc2c3cc(NC(=O)Nc4ccc(C(F)(F)F)cc4)ccc3n(C)c12. The summed E-state index contributed by atoms with van der Waals surface area (Å²) in [6, 6.07) is 11.2. The van der Waals surface area contributed by atoms with E-state index >= 15 is 0 Å². The number of hydrogen-bond donors (Lipinski definition) is 2. The van der Waals surface area contributed by atoms with E-state index < -0.39 is 17.8 Å². The van der Waals surface area contributed by atoms with E-state index in [0.717, 1.165) is 39.6 Å². The number of fused-ring (bicyclic) bond motifs is 3. The molecule has 2 amide bonds. The highest BCUT2D eigenvalue weighted by Crippen LogP contribution is 2.32. The quantitative estimate of drug-likeness (QED) is 0.455. The molecule has 0 radical (unpaired) electrons. The zero-order chi connectivity index (χ0) is 20.8. The van der Waals surface area contributed by atoms with Crippen molar-refractivity contribution in [3.8, 4) is 0 Å². The lowest BCUT2D eigenvalue weighted by molar-refractivity contribution is -0.137. The Morgan fingerprint density at radius 2 is 1.62 bits per heavy atom. The minimum atomic E-state index is -4.41. The Hall–Kier alpha value is -3.55. The molecular weight excluding hydrogens is 381 g/mol. The zero-order valence-corrected chi connectivity index (χ0v) is 15.6. The van der Waals surface area contributed by atoms with Crippen LogP contribution < -0.4 is 10.6 Å². The number of anilines is 2. The molecule has 0 aliphatic carbocycles. The number of rotatable bonds is 2. The largest absolute Gasteiger partial charge is 0.416 e. The molecule has 2 N–H and O–H groups in total. The van der Waals surface area contributed by atoms with Crippen LogP contribution in [0.5, 0.6) is 0 Å². The predicted octanol–water partition coefficient (Wildman–Crippen LogP) is 5.70. The minimum Gasteiger partial charge on any atom is -0.342 e. The predicted molar refractivity (Wildman–Crippen MR) is 107 cm³/mol. The second-order valence-corrected chi connectivity index (χ2v) is 6.74. The summed E-state index contributed by atoms with van der Waals surface area (Å²) in [7, 11) is 1.96. The van der Waals surface area contributed by atoms with Crippen molar-refractivity contribution in [2.45, 2.75) is 13.1 Å². The number of pyridine rings is 1. The molecule has 0 saturated heterocycles. The van der Waals surface area contributed by atoms with E-state index in [-0.39, 0.29) is 5.69 Å². The number of nitrogens with one attached hydrogen (secondary N) is 2. The first kappa shape index (κ1) is 18.8. The molecule has 0 saturated carbocycles. The van der Waals surface area contributed by atoms with E-state index in [4.69, 9.17) is 0 Å². The van der Waals surface area contributed by atoms with Crippen molar-refractivity contribution < 1.29 is 18.0 Å². The first-order valence-electron chi connectivity index (χ1n) is 8.83. The number of carbonyl (C=O) groups is 1. The summed E-state index contributed by atoms with van der Waals surface area (Å²) in [5, 5.41) is 7.26. The van der Waals surface area contributed by atoms with Crippen molar-refractivity contribution in [3.05, 3.63) is 66.0 Å². The number of hydrogen-bond acceptors (Lipinski definition) is 2. The number of benzene rings is 2. The molecule has 4 aromatic rings. The first-order chi connectivity index (χ1) is 13.7. The molecule has 0 bridgehead atoms. The van der Waals surface area contributed by atoms with E-state index in [1.54, 1.807) is 12.3 Å². The lowest BCUT2D eigenvalue weighted by Crippen LogP contribution is -2.19. The molecule has 29 heavy (non-hydrogen) atoms. The van der Waals surface area contributed by atoms with Gasteiger partial charge in [-0.3, -0.25) is 4.98 Å². The number of aryl methyl sites for hydroxylation is 2. The molecule has 148 valence electrons. The van der Waals surface area contributed by atoms with Crippen LogP contribution in [0.2, 0.25) is 0 Å². The van der Waals surface area contributed by atoms with Crippen molar-refractivity contribution in [1.82, 2.24) is 9.55 Å². The summed E-state index contributed by atoms with van der Waals surface area (Å²) >= 11 is 0. The fourth-order valence-electron chi connectivity index (χ4n) is 3.48. The second-order valence-electron chi connectivity index (χ2n) is 6.74. The highest BCUT2D eigenvalue weighted by molar-refractivity contribution is 6.10. The van der Waals surface area contributed by atoms with Gasteiger partial charge in [0.15, 0.2) is 0 Å². The lowest BCUT2D eigenvalue weighted by Gasteiger charge is -2.10. The van der Waals surface area contributed by atoms with Crippen LogP contribution in [0.1, 0.15) is 11.3 Å². The van der Waals surface area contributed by atoms with E-state index in [1.165, 1.54) is 12.1 Å². The van der Waals surface area contributed by atoms with Crippen LogP contribution >= 0.6 is 0 Å². The fraction of sp³-hybridized carbons (Fsp3) is 0.143. The number of nitrogens with zero attached hydrogens (tertiary/aromatic N) is 2. The van der Waals surface area contributed by atoms with Gasteiger partial charge in [-0.15, -0.1) is 0 Å². The Bertz CT molecular complexity index is 1230. The maximum Gasteiger partial charge on any atom is 0.416 e. The molecule has 0 fully saturated rings. The van der Waals surface area contributed by atoms with E-state index in [2.05, 4.69) is 20.2 Å². The molecule has 2 heterocycles. The average molecular weight is 398 g/mol.